The van der Waals surface area contributed by atoms with E-state index in [0.717, 1.165) is 12.0 Å². The minimum absolute atomic E-state index is 0.264. The number of rotatable bonds is 2. The largest absolute Gasteiger partial charge is 0.432 e. The van der Waals surface area contributed by atoms with Crippen molar-refractivity contribution in [2.45, 2.75) is 33.5 Å². The summed E-state index contributed by atoms with van der Waals surface area (Å²) in [6.07, 6.45) is 0.522. The third-order valence-electron chi connectivity index (χ3n) is 1.95. The van der Waals surface area contributed by atoms with Gasteiger partial charge in [-0.05, 0) is 20.8 Å². The molecule has 0 N–H and O–H groups in total. The number of esters is 1. The van der Waals surface area contributed by atoms with Gasteiger partial charge in [-0.15, -0.1) is 0 Å². The van der Waals surface area contributed by atoms with Gasteiger partial charge < -0.3 is 9.47 Å². The van der Waals surface area contributed by atoms with Gasteiger partial charge in [0.05, 0.1) is 6.61 Å². The van der Waals surface area contributed by atoms with Gasteiger partial charge in [-0.3, -0.25) is 0 Å². The topological polar surface area (TPSA) is 35.5 Å². The fraction of sp³-hybridized carbons (Fsp3) is 0.667. The van der Waals surface area contributed by atoms with Crippen LogP contribution in [0.1, 0.15) is 27.2 Å². The quantitative estimate of drug-likeness (QED) is 0.466. The van der Waals surface area contributed by atoms with Crippen molar-refractivity contribution < 1.29 is 14.3 Å². The molecule has 3 nitrogen and oxygen atoms in total. The molecular formula is C9H14O3. The van der Waals surface area contributed by atoms with Crippen molar-refractivity contribution in [3.05, 3.63) is 11.1 Å². The molecule has 1 unspecified atom stereocenters. The number of carbonyl (C=O) groups excluding carboxylic acids is 1. The van der Waals surface area contributed by atoms with Gasteiger partial charge in [0.2, 0.25) is 6.29 Å². The van der Waals surface area contributed by atoms with Gasteiger partial charge in [-0.25, -0.2) is 4.79 Å². The molecule has 0 bridgehead atoms. The van der Waals surface area contributed by atoms with E-state index in [1.165, 1.54) is 0 Å². The molecule has 68 valence electrons. The van der Waals surface area contributed by atoms with Gasteiger partial charge in [0.25, 0.3) is 0 Å². The molecule has 0 amide bonds. The van der Waals surface area contributed by atoms with Crippen LogP contribution in [0, 0.1) is 0 Å². The third-order valence-corrected chi connectivity index (χ3v) is 1.95. The molecule has 0 aromatic carbocycles. The Kier molecular flexibility index (Phi) is 2.87. The summed E-state index contributed by atoms with van der Waals surface area (Å²) in [5.41, 5.74) is 1.66. The Morgan fingerprint density at radius 3 is 2.33 bits per heavy atom. The van der Waals surface area contributed by atoms with Crippen molar-refractivity contribution in [2.24, 2.45) is 0 Å². The van der Waals surface area contributed by atoms with Gasteiger partial charge in [-0.1, -0.05) is 5.57 Å². The van der Waals surface area contributed by atoms with E-state index in [2.05, 4.69) is 0 Å². The summed E-state index contributed by atoms with van der Waals surface area (Å²) >= 11 is 0. The first-order valence-corrected chi connectivity index (χ1v) is 4.08. The minimum Gasteiger partial charge on any atom is -0.432 e. The van der Waals surface area contributed by atoms with E-state index in [4.69, 9.17) is 9.47 Å². The van der Waals surface area contributed by atoms with Gasteiger partial charge in [-0.2, -0.15) is 0 Å². The van der Waals surface area contributed by atoms with E-state index in [0.29, 0.717) is 12.2 Å². The summed E-state index contributed by atoms with van der Waals surface area (Å²) in [6.45, 7) is 6.23. The van der Waals surface area contributed by atoms with Gasteiger partial charge >= 0.3 is 5.97 Å². The Labute approximate surface area is 72.4 Å². The smallest absolute Gasteiger partial charge is 0.335 e. The van der Waals surface area contributed by atoms with Crippen LogP contribution in [0.2, 0.25) is 0 Å². The SMILES string of the molecule is CC(C)=C(C)C(=O)OC1CCO1. The van der Waals surface area contributed by atoms with Crippen molar-refractivity contribution in [1.82, 2.24) is 0 Å². The lowest BCUT2D eigenvalue weighted by Gasteiger charge is -2.25. The highest BCUT2D eigenvalue weighted by Crippen LogP contribution is 2.15. The molecular weight excluding hydrogens is 156 g/mol. The predicted molar refractivity (Wildman–Crippen MR) is 44.5 cm³/mol. The summed E-state index contributed by atoms with van der Waals surface area (Å²) in [7, 11) is 0. The number of hydrogen-bond acceptors (Lipinski definition) is 3. The number of carbonyl (C=O) groups is 1. The molecule has 0 aromatic rings. The normalized spacial score (nSPS) is 21.1. The van der Waals surface area contributed by atoms with E-state index < -0.39 is 0 Å². The summed E-state index contributed by atoms with van der Waals surface area (Å²) in [6, 6.07) is 0. The Hall–Kier alpha value is -0.830. The first kappa shape index (κ1) is 9.26. The molecule has 1 heterocycles. The van der Waals surface area contributed by atoms with Crippen molar-refractivity contribution in [3.8, 4) is 0 Å². The highest BCUT2D eigenvalue weighted by Gasteiger charge is 2.23. The van der Waals surface area contributed by atoms with Crippen molar-refractivity contribution >= 4 is 5.97 Å². The third kappa shape index (κ3) is 2.08. The summed E-state index contributed by atoms with van der Waals surface area (Å²) in [4.78, 5) is 11.2. The molecule has 1 aliphatic rings. The van der Waals surface area contributed by atoms with Crippen molar-refractivity contribution in [1.29, 1.82) is 0 Å². The second-order valence-corrected chi connectivity index (χ2v) is 3.12. The van der Waals surface area contributed by atoms with Crippen LogP contribution < -0.4 is 0 Å². The first-order valence-electron chi connectivity index (χ1n) is 4.08. The Bertz CT molecular complexity index is 210. The van der Waals surface area contributed by atoms with Crippen LogP contribution in [0.15, 0.2) is 11.1 Å². The van der Waals surface area contributed by atoms with Crippen molar-refractivity contribution in [3.63, 3.8) is 0 Å². The Balaban J connectivity index is 2.42. The number of ether oxygens (including phenoxy) is 2. The minimum atomic E-state index is -0.299. The van der Waals surface area contributed by atoms with Crippen LogP contribution in [0.5, 0.6) is 0 Å². The maximum atomic E-state index is 11.2. The Morgan fingerprint density at radius 2 is 2.00 bits per heavy atom. The van der Waals surface area contributed by atoms with Crippen LogP contribution in [0.25, 0.3) is 0 Å². The maximum Gasteiger partial charge on any atom is 0.335 e. The first-order chi connectivity index (χ1) is 5.61. The monoisotopic (exact) mass is 170 g/mol. The van der Waals surface area contributed by atoms with Crippen LogP contribution in [0.3, 0.4) is 0 Å². The highest BCUT2D eigenvalue weighted by molar-refractivity contribution is 5.88. The lowest BCUT2D eigenvalue weighted by atomic mass is 10.2. The van der Waals surface area contributed by atoms with Crippen molar-refractivity contribution in [2.75, 3.05) is 6.61 Å². The summed E-state index contributed by atoms with van der Waals surface area (Å²) in [5, 5.41) is 0. The van der Waals surface area contributed by atoms with E-state index in [1.54, 1.807) is 6.92 Å². The second-order valence-electron chi connectivity index (χ2n) is 3.12. The lowest BCUT2D eigenvalue weighted by Crippen LogP contribution is -2.32. The number of hydrogen-bond donors (Lipinski definition) is 0. The molecule has 1 saturated heterocycles. The lowest BCUT2D eigenvalue weighted by molar-refractivity contribution is -0.213. The average Bonchev–Trinajstić information content (AvgIpc) is 1.94. The van der Waals surface area contributed by atoms with Crippen LogP contribution >= 0.6 is 0 Å². The molecule has 0 saturated carbocycles. The van der Waals surface area contributed by atoms with E-state index in [-0.39, 0.29) is 12.3 Å². The zero-order valence-corrected chi connectivity index (χ0v) is 7.72. The van der Waals surface area contributed by atoms with E-state index in [9.17, 15) is 4.79 Å². The molecule has 3 heteroatoms. The van der Waals surface area contributed by atoms with E-state index >= 15 is 0 Å². The molecule has 1 atom stereocenters. The zero-order valence-electron chi connectivity index (χ0n) is 7.72. The zero-order chi connectivity index (χ0) is 9.14. The van der Waals surface area contributed by atoms with E-state index in [1.807, 2.05) is 13.8 Å². The Morgan fingerprint density at radius 1 is 1.42 bits per heavy atom. The molecule has 0 aromatic heterocycles. The molecule has 1 rings (SSSR count). The van der Waals surface area contributed by atoms with Crippen LogP contribution in [-0.4, -0.2) is 18.9 Å². The maximum absolute atomic E-state index is 11.2. The summed E-state index contributed by atoms with van der Waals surface area (Å²) in [5.74, 6) is -0.264. The average molecular weight is 170 g/mol. The molecule has 12 heavy (non-hydrogen) atoms. The fourth-order valence-corrected chi connectivity index (χ4v) is 0.719. The fourth-order valence-electron chi connectivity index (χ4n) is 0.719. The van der Waals surface area contributed by atoms with Gasteiger partial charge in [0, 0.05) is 12.0 Å². The number of allylic oxidation sites excluding steroid dienone is 1. The standard InChI is InChI=1S/C9H14O3/c1-6(2)7(3)9(10)12-8-4-5-11-8/h8H,4-5H2,1-3H3. The molecule has 0 radical (unpaired) electrons. The van der Waals surface area contributed by atoms with Gasteiger partial charge in [0.1, 0.15) is 0 Å². The molecule has 0 spiro atoms. The molecule has 0 aliphatic carbocycles. The predicted octanol–water partition coefficient (Wildman–Crippen LogP) is 1.63. The van der Waals surface area contributed by atoms with Crippen LogP contribution in [0.4, 0.5) is 0 Å². The second kappa shape index (κ2) is 3.72. The van der Waals surface area contributed by atoms with Gasteiger partial charge in [0.15, 0.2) is 0 Å². The molecule has 1 fully saturated rings. The van der Waals surface area contributed by atoms with Crippen LogP contribution in [-0.2, 0) is 14.3 Å². The molecule has 1 aliphatic heterocycles. The summed E-state index contributed by atoms with van der Waals surface area (Å²) < 4.78 is 9.96. The highest BCUT2D eigenvalue weighted by atomic mass is 16.7.